The molecular formula is C25H23FN2OS. The van der Waals surface area contributed by atoms with Crippen LogP contribution in [0, 0.1) is 12.7 Å². The van der Waals surface area contributed by atoms with E-state index in [-0.39, 0.29) is 18.3 Å². The summed E-state index contributed by atoms with van der Waals surface area (Å²) in [5, 5.41) is 0.994. The fraction of sp³-hybridized carbons (Fsp3) is 0.280. The van der Waals surface area contributed by atoms with Gasteiger partial charge in [-0.15, -0.1) is 11.3 Å². The number of amides is 1. The van der Waals surface area contributed by atoms with Crippen LogP contribution in [0.25, 0.3) is 0 Å². The number of aliphatic imine (C=N–C) groups is 1. The van der Waals surface area contributed by atoms with Gasteiger partial charge in [0.05, 0.1) is 12.3 Å². The number of rotatable bonds is 3. The SMILES string of the molecule is Cc1ccc(CN2C(=O)CN=C(c3ccc(F)cc3)c3c2sc2c3CCCC2)cc1. The van der Waals surface area contributed by atoms with Crippen molar-refractivity contribution in [1.29, 1.82) is 0 Å². The molecule has 0 bridgehead atoms. The predicted molar refractivity (Wildman–Crippen MR) is 120 cm³/mol. The van der Waals surface area contributed by atoms with Gasteiger partial charge in [-0.1, -0.05) is 29.8 Å². The van der Waals surface area contributed by atoms with Gasteiger partial charge in [-0.05, 0) is 68.0 Å². The molecule has 0 atom stereocenters. The summed E-state index contributed by atoms with van der Waals surface area (Å²) < 4.78 is 13.5. The molecule has 1 aliphatic heterocycles. The van der Waals surface area contributed by atoms with E-state index in [1.807, 2.05) is 4.90 Å². The molecule has 2 aliphatic rings. The summed E-state index contributed by atoms with van der Waals surface area (Å²) in [6, 6.07) is 14.8. The van der Waals surface area contributed by atoms with Gasteiger partial charge in [0.15, 0.2) is 0 Å². The van der Waals surface area contributed by atoms with Crippen LogP contribution in [0.1, 0.15) is 45.5 Å². The van der Waals surface area contributed by atoms with Gasteiger partial charge in [0.2, 0.25) is 5.91 Å². The second-order valence-corrected chi connectivity index (χ2v) is 9.11. The van der Waals surface area contributed by atoms with Crippen molar-refractivity contribution in [3.63, 3.8) is 0 Å². The molecule has 0 N–H and O–H groups in total. The molecule has 2 aromatic carbocycles. The van der Waals surface area contributed by atoms with Gasteiger partial charge >= 0.3 is 0 Å². The highest BCUT2D eigenvalue weighted by molar-refractivity contribution is 7.17. The number of nitrogens with zero attached hydrogens (tertiary/aromatic N) is 2. The van der Waals surface area contributed by atoms with E-state index in [9.17, 15) is 9.18 Å². The maximum Gasteiger partial charge on any atom is 0.249 e. The molecule has 5 heteroatoms. The van der Waals surface area contributed by atoms with Gasteiger partial charge < -0.3 is 0 Å². The Morgan fingerprint density at radius 1 is 1.03 bits per heavy atom. The zero-order chi connectivity index (χ0) is 20.7. The molecule has 1 aliphatic carbocycles. The monoisotopic (exact) mass is 418 g/mol. The first kappa shape index (κ1) is 19.2. The Hall–Kier alpha value is -2.79. The van der Waals surface area contributed by atoms with E-state index in [1.165, 1.54) is 34.6 Å². The molecule has 0 saturated heterocycles. The maximum atomic E-state index is 13.5. The van der Waals surface area contributed by atoms with Crippen molar-refractivity contribution in [2.24, 2.45) is 4.99 Å². The number of carbonyl (C=O) groups excluding carboxylic acids is 1. The van der Waals surface area contributed by atoms with Crippen molar-refractivity contribution in [2.75, 3.05) is 11.4 Å². The minimum absolute atomic E-state index is 0.00698. The van der Waals surface area contributed by atoms with E-state index in [0.717, 1.165) is 46.7 Å². The van der Waals surface area contributed by atoms with E-state index < -0.39 is 0 Å². The summed E-state index contributed by atoms with van der Waals surface area (Å²) in [7, 11) is 0. The Bertz CT molecular complexity index is 1130. The lowest BCUT2D eigenvalue weighted by Crippen LogP contribution is -2.31. The van der Waals surface area contributed by atoms with Gasteiger partial charge in [0, 0.05) is 16.0 Å². The van der Waals surface area contributed by atoms with Crippen molar-refractivity contribution in [3.05, 3.63) is 87.0 Å². The van der Waals surface area contributed by atoms with Gasteiger partial charge in [-0.3, -0.25) is 14.7 Å². The van der Waals surface area contributed by atoms with Crippen LogP contribution < -0.4 is 4.90 Å². The van der Waals surface area contributed by atoms with Crippen LogP contribution in [0.15, 0.2) is 53.5 Å². The molecular weight excluding hydrogens is 395 g/mol. The molecule has 0 saturated carbocycles. The Kier molecular flexibility index (Phi) is 4.99. The molecule has 5 rings (SSSR count). The summed E-state index contributed by atoms with van der Waals surface area (Å²) in [6.07, 6.45) is 4.39. The van der Waals surface area contributed by atoms with Crippen molar-refractivity contribution in [1.82, 2.24) is 0 Å². The van der Waals surface area contributed by atoms with Crippen LogP contribution in [0.3, 0.4) is 0 Å². The zero-order valence-corrected chi connectivity index (χ0v) is 17.8. The van der Waals surface area contributed by atoms with Crippen molar-refractivity contribution in [3.8, 4) is 0 Å². The van der Waals surface area contributed by atoms with Crippen LogP contribution in [0.4, 0.5) is 9.39 Å². The minimum atomic E-state index is -0.266. The molecule has 1 amide bonds. The number of benzene rings is 2. The van der Waals surface area contributed by atoms with Crippen LogP contribution in [0.5, 0.6) is 0 Å². The quantitative estimate of drug-likeness (QED) is 0.556. The molecule has 0 unspecified atom stereocenters. The summed E-state index contributed by atoms with van der Waals surface area (Å²) >= 11 is 1.74. The standard InChI is InChI=1S/C25H23FN2OS/c1-16-6-8-17(9-7-16)15-28-22(29)14-27-24(18-10-12-19(26)13-11-18)23-20-4-2-3-5-21(20)30-25(23)28/h6-13H,2-5,14-15H2,1H3. The highest BCUT2D eigenvalue weighted by Gasteiger charge is 2.32. The van der Waals surface area contributed by atoms with E-state index >= 15 is 0 Å². The first-order chi connectivity index (χ1) is 14.6. The Morgan fingerprint density at radius 2 is 1.77 bits per heavy atom. The van der Waals surface area contributed by atoms with Crippen molar-refractivity contribution < 1.29 is 9.18 Å². The summed E-state index contributed by atoms with van der Waals surface area (Å²) in [5.74, 6) is -0.259. The van der Waals surface area contributed by atoms with Crippen LogP contribution in [0.2, 0.25) is 0 Å². The molecule has 3 nitrogen and oxygen atoms in total. The third-order valence-corrected chi connectivity index (χ3v) is 7.20. The molecule has 30 heavy (non-hydrogen) atoms. The largest absolute Gasteiger partial charge is 0.297 e. The fourth-order valence-electron chi connectivity index (χ4n) is 4.29. The normalized spacial score (nSPS) is 16.0. The minimum Gasteiger partial charge on any atom is -0.297 e. The number of fused-ring (bicyclic) bond motifs is 3. The molecule has 0 spiro atoms. The van der Waals surface area contributed by atoms with Gasteiger partial charge in [0.25, 0.3) is 0 Å². The maximum absolute atomic E-state index is 13.5. The summed E-state index contributed by atoms with van der Waals surface area (Å²) in [4.78, 5) is 21.2. The van der Waals surface area contributed by atoms with Crippen LogP contribution >= 0.6 is 11.3 Å². The Labute approximate surface area is 179 Å². The highest BCUT2D eigenvalue weighted by Crippen LogP contribution is 2.43. The van der Waals surface area contributed by atoms with E-state index in [4.69, 9.17) is 4.99 Å². The third kappa shape index (κ3) is 3.47. The molecule has 2 heterocycles. The van der Waals surface area contributed by atoms with Gasteiger partial charge in [0.1, 0.15) is 17.4 Å². The average molecular weight is 419 g/mol. The summed E-state index contributed by atoms with van der Waals surface area (Å²) in [5.41, 5.74) is 6.41. The topological polar surface area (TPSA) is 32.7 Å². The number of carbonyl (C=O) groups is 1. The zero-order valence-electron chi connectivity index (χ0n) is 17.0. The second-order valence-electron chi connectivity index (χ2n) is 8.03. The smallest absolute Gasteiger partial charge is 0.249 e. The number of anilines is 1. The number of hydrogen-bond donors (Lipinski definition) is 0. The van der Waals surface area contributed by atoms with Gasteiger partial charge in [-0.25, -0.2) is 4.39 Å². The van der Waals surface area contributed by atoms with Crippen molar-refractivity contribution in [2.45, 2.75) is 39.2 Å². The summed E-state index contributed by atoms with van der Waals surface area (Å²) in [6.45, 7) is 2.71. The first-order valence-corrected chi connectivity index (χ1v) is 11.2. The van der Waals surface area contributed by atoms with Gasteiger partial charge in [-0.2, -0.15) is 0 Å². The molecule has 3 aromatic rings. The second kappa shape index (κ2) is 7.80. The highest BCUT2D eigenvalue weighted by atomic mass is 32.1. The lowest BCUT2D eigenvalue weighted by molar-refractivity contribution is -0.117. The number of aryl methyl sites for hydroxylation is 2. The van der Waals surface area contributed by atoms with Crippen molar-refractivity contribution >= 4 is 28.0 Å². The first-order valence-electron chi connectivity index (χ1n) is 10.4. The number of thiophene rings is 1. The molecule has 152 valence electrons. The molecule has 0 fully saturated rings. The lowest BCUT2D eigenvalue weighted by Gasteiger charge is -2.21. The Balaban J connectivity index is 1.64. The lowest BCUT2D eigenvalue weighted by atomic mass is 9.91. The molecule has 0 radical (unpaired) electrons. The molecule has 1 aromatic heterocycles. The van der Waals surface area contributed by atoms with E-state index in [1.54, 1.807) is 23.5 Å². The Morgan fingerprint density at radius 3 is 2.53 bits per heavy atom. The van der Waals surface area contributed by atoms with Crippen LogP contribution in [-0.2, 0) is 24.2 Å². The average Bonchev–Trinajstić information content (AvgIpc) is 3.07. The fourth-order valence-corrected chi connectivity index (χ4v) is 5.70. The van der Waals surface area contributed by atoms with Crippen LogP contribution in [-0.4, -0.2) is 18.2 Å². The predicted octanol–water partition coefficient (Wildman–Crippen LogP) is 5.46. The number of hydrogen-bond acceptors (Lipinski definition) is 3. The third-order valence-electron chi connectivity index (χ3n) is 5.89. The van der Waals surface area contributed by atoms with E-state index in [2.05, 4.69) is 31.2 Å². The van der Waals surface area contributed by atoms with E-state index in [0.29, 0.717) is 6.54 Å². The number of halogens is 1.